The molecule has 0 aliphatic rings. The SMILES string of the molecule is COC(=O)Nc1ncc2cc(-c3cc(C(=O)Nc4cccc(C(F)(F)F)c4)ccc3C)c(O)c(-c3ccc(F)nc3)c2n1. The molecule has 218 valence electrons. The largest absolute Gasteiger partial charge is 0.507 e. The summed E-state index contributed by atoms with van der Waals surface area (Å²) in [5.74, 6) is -1.83. The van der Waals surface area contributed by atoms with Gasteiger partial charge in [-0.15, -0.1) is 0 Å². The van der Waals surface area contributed by atoms with Crippen molar-refractivity contribution in [2.75, 3.05) is 17.7 Å². The van der Waals surface area contributed by atoms with Crippen molar-refractivity contribution in [3.8, 4) is 28.0 Å². The Balaban J connectivity index is 1.62. The first kappa shape index (κ1) is 28.9. The number of alkyl halides is 3. The fourth-order valence-electron chi connectivity index (χ4n) is 4.40. The number of rotatable bonds is 5. The Labute approximate surface area is 241 Å². The number of aromatic hydroxyl groups is 1. The number of anilines is 2. The first-order chi connectivity index (χ1) is 20.4. The summed E-state index contributed by atoms with van der Waals surface area (Å²) in [5.41, 5.74) is 1.13. The molecule has 0 saturated heterocycles. The molecule has 43 heavy (non-hydrogen) atoms. The van der Waals surface area contributed by atoms with E-state index < -0.39 is 29.7 Å². The Bertz CT molecular complexity index is 1880. The van der Waals surface area contributed by atoms with E-state index in [9.17, 15) is 32.3 Å². The summed E-state index contributed by atoms with van der Waals surface area (Å²) in [4.78, 5) is 36.9. The summed E-state index contributed by atoms with van der Waals surface area (Å²) in [6.45, 7) is 1.74. The molecule has 9 nitrogen and oxygen atoms in total. The van der Waals surface area contributed by atoms with Gasteiger partial charge in [0.05, 0.1) is 23.8 Å². The number of aromatic nitrogens is 3. The number of nitrogens with one attached hydrogen (secondary N) is 2. The standard InChI is InChI=1S/C30H21F4N5O4/c1-15-6-7-16(27(41)37-20-5-3-4-19(12-20)30(32,33)34)10-21(15)22-11-18-14-36-28(39-29(42)43-2)38-25(18)24(26(22)40)17-8-9-23(31)35-13-17/h3-14,40H,1-2H3,(H,37,41)(H,36,38,39,42). The lowest BCUT2D eigenvalue weighted by molar-refractivity contribution is -0.137. The van der Waals surface area contributed by atoms with Crippen LogP contribution in [0.25, 0.3) is 33.2 Å². The second kappa shape index (κ2) is 11.4. The first-order valence-electron chi connectivity index (χ1n) is 12.5. The Morgan fingerprint density at radius 3 is 2.42 bits per heavy atom. The number of pyridine rings is 1. The number of hydrogen-bond acceptors (Lipinski definition) is 7. The smallest absolute Gasteiger partial charge is 0.416 e. The molecule has 3 N–H and O–H groups in total. The van der Waals surface area contributed by atoms with Gasteiger partial charge in [-0.3, -0.25) is 10.1 Å². The molecule has 0 bridgehead atoms. The van der Waals surface area contributed by atoms with Gasteiger partial charge in [-0.05, 0) is 66.6 Å². The highest BCUT2D eigenvalue weighted by molar-refractivity contribution is 6.07. The highest BCUT2D eigenvalue weighted by Gasteiger charge is 2.30. The van der Waals surface area contributed by atoms with Crippen molar-refractivity contribution < 1.29 is 37.0 Å². The van der Waals surface area contributed by atoms with E-state index in [0.717, 1.165) is 18.2 Å². The van der Waals surface area contributed by atoms with Crippen molar-refractivity contribution in [3.63, 3.8) is 0 Å². The number of halogens is 4. The Morgan fingerprint density at radius 1 is 0.930 bits per heavy atom. The van der Waals surface area contributed by atoms with Crippen LogP contribution in [0.3, 0.4) is 0 Å². The topological polar surface area (TPSA) is 126 Å². The lowest BCUT2D eigenvalue weighted by Crippen LogP contribution is -2.13. The van der Waals surface area contributed by atoms with Crippen LogP contribution in [-0.4, -0.2) is 39.2 Å². The Kier molecular flexibility index (Phi) is 7.64. The molecular formula is C30H21F4N5O4. The van der Waals surface area contributed by atoms with Gasteiger partial charge in [0.25, 0.3) is 5.91 Å². The van der Waals surface area contributed by atoms with Gasteiger partial charge in [0.2, 0.25) is 11.9 Å². The van der Waals surface area contributed by atoms with Crippen LogP contribution in [0.4, 0.5) is 34.0 Å². The fraction of sp³-hybridized carbons (Fsp3) is 0.100. The minimum Gasteiger partial charge on any atom is -0.507 e. The van der Waals surface area contributed by atoms with Crippen LogP contribution in [0, 0.1) is 12.9 Å². The molecule has 0 atom stereocenters. The predicted octanol–water partition coefficient (Wildman–Crippen LogP) is 6.96. The fourth-order valence-corrected chi connectivity index (χ4v) is 4.40. The minimum absolute atomic E-state index is 0.0462. The molecule has 13 heteroatoms. The highest BCUT2D eigenvalue weighted by atomic mass is 19.4. The molecule has 0 unspecified atom stereocenters. The maximum Gasteiger partial charge on any atom is 0.416 e. The highest BCUT2D eigenvalue weighted by Crippen LogP contribution is 2.44. The molecule has 0 aliphatic carbocycles. The van der Waals surface area contributed by atoms with Gasteiger partial charge >= 0.3 is 12.3 Å². The van der Waals surface area contributed by atoms with Crippen LogP contribution in [0.2, 0.25) is 0 Å². The molecule has 0 aliphatic heterocycles. The average Bonchev–Trinajstić information content (AvgIpc) is 2.97. The third-order valence-electron chi connectivity index (χ3n) is 6.50. The third-order valence-corrected chi connectivity index (χ3v) is 6.50. The number of amides is 2. The molecule has 0 saturated carbocycles. The number of aryl methyl sites for hydroxylation is 1. The Morgan fingerprint density at radius 2 is 1.72 bits per heavy atom. The van der Waals surface area contributed by atoms with Gasteiger partial charge in [-0.2, -0.15) is 17.6 Å². The molecule has 2 amide bonds. The van der Waals surface area contributed by atoms with Gasteiger partial charge in [-0.1, -0.05) is 12.1 Å². The molecule has 5 aromatic rings. The van der Waals surface area contributed by atoms with Gasteiger partial charge in [0.1, 0.15) is 5.75 Å². The first-order valence-corrected chi connectivity index (χ1v) is 12.5. The zero-order valence-electron chi connectivity index (χ0n) is 22.5. The molecule has 2 heterocycles. The lowest BCUT2D eigenvalue weighted by Gasteiger charge is -2.16. The predicted molar refractivity (Wildman–Crippen MR) is 150 cm³/mol. The summed E-state index contributed by atoms with van der Waals surface area (Å²) in [7, 11) is 1.17. The number of methoxy groups -OCH3 is 1. The van der Waals surface area contributed by atoms with Gasteiger partial charge in [0.15, 0.2) is 0 Å². The van der Waals surface area contributed by atoms with Gasteiger partial charge in [0, 0.05) is 40.2 Å². The van der Waals surface area contributed by atoms with Gasteiger partial charge in [-0.25, -0.2) is 19.7 Å². The van der Waals surface area contributed by atoms with Crippen molar-refractivity contribution in [1.82, 2.24) is 15.0 Å². The summed E-state index contributed by atoms with van der Waals surface area (Å²) in [6, 6.07) is 12.9. The van der Waals surface area contributed by atoms with Crippen LogP contribution in [-0.2, 0) is 10.9 Å². The summed E-state index contributed by atoms with van der Waals surface area (Å²) < 4.78 is 57.7. The normalized spacial score (nSPS) is 11.3. The Hall–Kier alpha value is -5.59. The van der Waals surface area contributed by atoms with Crippen LogP contribution >= 0.6 is 0 Å². The monoisotopic (exact) mass is 591 g/mol. The molecule has 3 aromatic carbocycles. The molecule has 0 radical (unpaired) electrons. The number of nitrogens with zero attached hydrogens (tertiary/aromatic N) is 3. The zero-order valence-corrected chi connectivity index (χ0v) is 22.5. The van der Waals surface area contributed by atoms with E-state index >= 15 is 0 Å². The molecule has 0 spiro atoms. The molecule has 2 aromatic heterocycles. The maximum absolute atomic E-state index is 13.7. The van der Waals surface area contributed by atoms with Crippen molar-refractivity contribution in [1.29, 1.82) is 0 Å². The van der Waals surface area contributed by atoms with E-state index in [-0.39, 0.29) is 39.6 Å². The molecule has 0 fully saturated rings. The van der Waals surface area contributed by atoms with E-state index in [1.165, 1.54) is 49.8 Å². The number of phenols is 1. The third kappa shape index (κ3) is 6.05. The van der Waals surface area contributed by atoms with Crippen molar-refractivity contribution in [2.45, 2.75) is 13.1 Å². The second-order valence-electron chi connectivity index (χ2n) is 9.33. The summed E-state index contributed by atoms with van der Waals surface area (Å²) in [5, 5.41) is 16.8. The van der Waals surface area contributed by atoms with Crippen LogP contribution in [0.1, 0.15) is 21.5 Å². The number of carbonyl (C=O) groups is 2. The van der Waals surface area contributed by atoms with E-state index in [0.29, 0.717) is 22.1 Å². The van der Waals surface area contributed by atoms with Crippen LogP contribution in [0.5, 0.6) is 5.75 Å². The van der Waals surface area contributed by atoms with Crippen molar-refractivity contribution in [3.05, 3.63) is 95.7 Å². The number of hydrogen-bond donors (Lipinski definition) is 3. The minimum atomic E-state index is -4.58. The van der Waals surface area contributed by atoms with Crippen molar-refractivity contribution >= 4 is 34.5 Å². The molecular weight excluding hydrogens is 570 g/mol. The maximum atomic E-state index is 13.7. The number of fused-ring (bicyclic) bond motifs is 1. The van der Waals surface area contributed by atoms with Gasteiger partial charge < -0.3 is 15.2 Å². The number of ether oxygens (including phenoxy) is 1. The van der Waals surface area contributed by atoms with Crippen molar-refractivity contribution in [2.24, 2.45) is 0 Å². The van der Waals surface area contributed by atoms with Crippen LogP contribution in [0.15, 0.2) is 73.1 Å². The van der Waals surface area contributed by atoms with Crippen LogP contribution < -0.4 is 10.6 Å². The number of phenolic OH excluding ortho intramolecular Hbond substituents is 1. The second-order valence-corrected chi connectivity index (χ2v) is 9.33. The lowest BCUT2D eigenvalue weighted by atomic mass is 9.92. The number of carbonyl (C=O) groups excluding carboxylic acids is 2. The van der Waals surface area contributed by atoms with E-state index in [1.807, 2.05) is 0 Å². The summed E-state index contributed by atoms with van der Waals surface area (Å²) >= 11 is 0. The average molecular weight is 592 g/mol. The van der Waals surface area contributed by atoms with E-state index in [4.69, 9.17) is 0 Å². The quantitative estimate of drug-likeness (QED) is 0.149. The van der Waals surface area contributed by atoms with E-state index in [2.05, 4.69) is 30.3 Å². The summed E-state index contributed by atoms with van der Waals surface area (Å²) in [6.07, 6.45) is -2.80. The zero-order chi connectivity index (χ0) is 30.9. The van der Waals surface area contributed by atoms with E-state index in [1.54, 1.807) is 19.1 Å². The number of benzene rings is 3. The molecule has 5 rings (SSSR count).